The summed E-state index contributed by atoms with van der Waals surface area (Å²) in [5.74, 6) is 0.822. The second-order valence-electron chi connectivity index (χ2n) is 5.81. The number of hydroxylamine groups is 2. The van der Waals surface area contributed by atoms with Gasteiger partial charge in [0, 0.05) is 6.54 Å². The van der Waals surface area contributed by atoms with Gasteiger partial charge < -0.3 is 10.1 Å². The highest BCUT2D eigenvalue weighted by molar-refractivity contribution is 7.91. The number of para-hydroxylation sites is 3. The van der Waals surface area contributed by atoms with E-state index in [1.54, 1.807) is 18.2 Å². The smallest absolute Gasteiger partial charge is 0.241 e. The summed E-state index contributed by atoms with van der Waals surface area (Å²) >= 11 is 0. The fourth-order valence-electron chi connectivity index (χ4n) is 2.45. The van der Waals surface area contributed by atoms with Crippen LogP contribution in [0.2, 0.25) is 0 Å². The maximum absolute atomic E-state index is 12.3. The van der Waals surface area contributed by atoms with E-state index >= 15 is 0 Å². The van der Waals surface area contributed by atoms with E-state index in [4.69, 9.17) is 9.57 Å². The Kier molecular flexibility index (Phi) is 5.87. The number of ether oxygens (including phenoxy) is 1. The third kappa shape index (κ3) is 5.29. The molecule has 0 radical (unpaired) electrons. The van der Waals surface area contributed by atoms with Gasteiger partial charge in [0.05, 0.1) is 23.8 Å². The number of nitrogens with zero attached hydrogens (tertiary/aromatic N) is 1. The Balaban J connectivity index is 1.62. The molecule has 7 nitrogen and oxygen atoms in total. The molecule has 1 aliphatic heterocycles. The molecule has 8 heteroatoms. The molecular formula is C18H20N2O5S. The summed E-state index contributed by atoms with van der Waals surface area (Å²) in [5, 5.41) is 4.16. The largest absolute Gasteiger partial charge is 0.455 e. The summed E-state index contributed by atoms with van der Waals surface area (Å²) in [6, 6.07) is 16.4. The molecule has 26 heavy (non-hydrogen) atoms. The lowest BCUT2D eigenvalue weighted by Gasteiger charge is -2.18. The number of sulfone groups is 1. The van der Waals surface area contributed by atoms with Crippen molar-refractivity contribution in [2.24, 2.45) is 0 Å². The van der Waals surface area contributed by atoms with Crippen molar-refractivity contribution in [3.05, 3.63) is 54.6 Å². The van der Waals surface area contributed by atoms with Gasteiger partial charge in [-0.3, -0.25) is 9.63 Å². The number of amides is 1. The molecule has 1 saturated heterocycles. The van der Waals surface area contributed by atoms with Crippen LogP contribution in [0.1, 0.15) is 0 Å². The predicted octanol–water partition coefficient (Wildman–Crippen LogP) is 2.08. The molecule has 3 rings (SSSR count). The third-order valence-electron chi connectivity index (χ3n) is 3.77. The standard InChI is InChI=1S/C18H20N2O5S/c21-18(14-20-10-12-26(22,23)13-11-24-20)19-16-8-4-5-9-17(16)25-15-6-2-1-3-7-15/h1-9H,10-14H2,(H,19,21). The van der Waals surface area contributed by atoms with Crippen molar-refractivity contribution < 1.29 is 22.8 Å². The minimum absolute atomic E-state index is 0.0199. The molecule has 0 aromatic heterocycles. The number of anilines is 1. The fraction of sp³-hybridized carbons (Fsp3) is 0.278. The number of carbonyl (C=O) groups excluding carboxylic acids is 1. The molecule has 2 aromatic carbocycles. The molecule has 0 atom stereocenters. The Labute approximate surface area is 152 Å². The molecule has 1 fully saturated rings. The average molecular weight is 376 g/mol. The molecule has 0 unspecified atom stereocenters. The second kappa shape index (κ2) is 8.31. The van der Waals surface area contributed by atoms with Gasteiger partial charge >= 0.3 is 0 Å². The molecule has 0 spiro atoms. The molecule has 1 aliphatic rings. The van der Waals surface area contributed by atoms with Crippen molar-refractivity contribution in [3.8, 4) is 11.5 Å². The average Bonchev–Trinajstić information content (AvgIpc) is 2.78. The third-order valence-corrected chi connectivity index (χ3v) is 5.37. The number of hydrogen-bond donors (Lipinski definition) is 1. The van der Waals surface area contributed by atoms with Crippen LogP contribution < -0.4 is 10.1 Å². The number of nitrogens with one attached hydrogen (secondary N) is 1. The highest BCUT2D eigenvalue weighted by Crippen LogP contribution is 2.29. The summed E-state index contributed by atoms with van der Waals surface area (Å²) in [7, 11) is -3.11. The van der Waals surface area contributed by atoms with Gasteiger partial charge in [0.25, 0.3) is 0 Å². The van der Waals surface area contributed by atoms with E-state index in [2.05, 4.69) is 5.32 Å². The zero-order valence-corrected chi connectivity index (χ0v) is 14.9. The van der Waals surface area contributed by atoms with Crippen LogP contribution in [0.5, 0.6) is 11.5 Å². The van der Waals surface area contributed by atoms with Crippen molar-refractivity contribution >= 4 is 21.4 Å². The van der Waals surface area contributed by atoms with E-state index in [0.29, 0.717) is 17.2 Å². The van der Waals surface area contributed by atoms with Gasteiger partial charge in [-0.05, 0) is 24.3 Å². The van der Waals surface area contributed by atoms with E-state index in [1.807, 2.05) is 36.4 Å². The molecule has 1 heterocycles. The van der Waals surface area contributed by atoms with Crippen molar-refractivity contribution in [2.45, 2.75) is 0 Å². The van der Waals surface area contributed by atoms with Crippen molar-refractivity contribution in [1.82, 2.24) is 5.06 Å². The van der Waals surface area contributed by atoms with Gasteiger partial charge in [0.2, 0.25) is 5.91 Å². The Hall–Kier alpha value is -2.42. The quantitative estimate of drug-likeness (QED) is 0.860. The molecule has 0 bridgehead atoms. The van der Waals surface area contributed by atoms with Crippen molar-refractivity contribution in [2.75, 3.05) is 36.5 Å². The lowest BCUT2D eigenvalue weighted by molar-refractivity contribution is -0.157. The van der Waals surface area contributed by atoms with E-state index in [0.717, 1.165) is 0 Å². The summed E-state index contributed by atoms with van der Waals surface area (Å²) in [6.45, 7) is 0.163. The summed E-state index contributed by atoms with van der Waals surface area (Å²) in [6.07, 6.45) is 0. The first-order valence-corrected chi connectivity index (χ1v) is 10.0. The molecule has 1 amide bonds. The van der Waals surface area contributed by atoms with Crippen LogP contribution in [0.25, 0.3) is 0 Å². The lowest BCUT2D eigenvalue weighted by atomic mass is 10.3. The molecule has 138 valence electrons. The Bertz CT molecular complexity index is 855. The maximum atomic E-state index is 12.3. The lowest BCUT2D eigenvalue weighted by Crippen LogP contribution is -2.34. The Morgan fingerprint density at radius 2 is 1.81 bits per heavy atom. The van der Waals surface area contributed by atoms with Crippen LogP contribution in [0.15, 0.2) is 54.6 Å². The van der Waals surface area contributed by atoms with E-state index in [-0.39, 0.29) is 37.1 Å². The minimum Gasteiger partial charge on any atom is -0.455 e. The number of carbonyl (C=O) groups is 1. The first-order chi connectivity index (χ1) is 12.5. The highest BCUT2D eigenvalue weighted by atomic mass is 32.2. The van der Waals surface area contributed by atoms with Crippen molar-refractivity contribution in [3.63, 3.8) is 0 Å². The Morgan fingerprint density at radius 1 is 1.08 bits per heavy atom. The van der Waals surface area contributed by atoms with Gasteiger partial charge in [-0.15, -0.1) is 0 Å². The van der Waals surface area contributed by atoms with Gasteiger partial charge in [0.15, 0.2) is 15.6 Å². The van der Waals surface area contributed by atoms with Crippen LogP contribution in [0, 0.1) is 0 Å². The number of benzene rings is 2. The molecule has 1 N–H and O–H groups in total. The molecular weight excluding hydrogens is 356 g/mol. The zero-order chi connectivity index (χ0) is 18.4. The normalized spacial score (nSPS) is 17.2. The molecule has 0 aliphatic carbocycles. The van der Waals surface area contributed by atoms with Crippen LogP contribution >= 0.6 is 0 Å². The number of rotatable bonds is 5. The predicted molar refractivity (Wildman–Crippen MR) is 97.8 cm³/mol. The van der Waals surface area contributed by atoms with Gasteiger partial charge in [-0.25, -0.2) is 8.42 Å². The summed E-state index contributed by atoms with van der Waals surface area (Å²) < 4.78 is 29.0. The van der Waals surface area contributed by atoms with Gasteiger partial charge in [-0.2, -0.15) is 5.06 Å². The first-order valence-electron chi connectivity index (χ1n) is 8.22. The molecule has 0 saturated carbocycles. The second-order valence-corrected chi connectivity index (χ2v) is 8.11. The van der Waals surface area contributed by atoms with E-state index in [1.165, 1.54) is 5.06 Å². The topological polar surface area (TPSA) is 84.9 Å². The van der Waals surface area contributed by atoms with Gasteiger partial charge in [-0.1, -0.05) is 30.3 Å². The minimum atomic E-state index is -3.11. The van der Waals surface area contributed by atoms with Gasteiger partial charge in [0.1, 0.15) is 12.3 Å². The summed E-state index contributed by atoms with van der Waals surface area (Å²) in [4.78, 5) is 17.7. The van der Waals surface area contributed by atoms with Crippen LogP contribution in [-0.2, 0) is 19.5 Å². The zero-order valence-electron chi connectivity index (χ0n) is 14.1. The molecule has 2 aromatic rings. The van der Waals surface area contributed by atoms with E-state index < -0.39 is 9.84 Å². The fourth-order valence-corrected chi connectivity index (χ4v) is 3.46. The Morgan fingerprint density at radius 3 is 2.62 bits per heavy atom. The SMILES string of the molecule is O=C(CN1CCS(=O)(=O)CCO1)Nc1ccccc1Oc1ccccc1. The van der Waals surface area contributed by atoms with Crippen LogP contribution in [-0.4, -0.2) is 50.6 Å². The number of hydrogen-bond acceptors (Lipinski definition) is 6. The monoisotopic (exact) mass is 376 g/mol. The van der Waals surface area contributed by atoms with Crippen LogP contribution in [0.4, 0.5) is 5.69 Å². The van der Waals surface area contributed by atoms with Crippen LogP contribution in [0.3, 0.4) is 0 Å². The first kappa shape index (κ1) is 18.4. The van der Waals surface area contributed by atoms with E-state index in [9.17, 15) is 13.2 Å². The summed E-state index contributed by atoms with van der Waals surface area (Å²) in [5.41, 5.74) is 0.531. The highest BCUT2D eigenvalue weighted by Gasteiger charge is 2.22. The maximum Gasteiger partial charge on any atom is 0.241 e. The van der Waals surface area contributed by atoms with Crippen molar-refractivity contribution in [1.29, 1.82) is 0 Å².